The average molecular weight is 603 g/mol. The van der Waals surface area contributed by atoms with Crippen molar-refractivity contribution in [2.45, 2.75) is 106 Å². The van der Waals surface area contributed by atoms with E-state index in [4.69, 9.17) is 0 Å². The number of aliphatic hydroxyl groups is 4. The monoisotopic (exact) mass is 602 g/mol. The van der Waals surface area contributed by atoms with Crippen molar-refractivity contribution in [1.82, 2.24) is 0 Å². The van der Waals surface area contributed by atoms with Gasteiger partial charge in [0, 0.05) is 5.92 Å². The average Bonchev–Trinajstić information content (AvgIpc) is 2.89. The lowest BCUT2D eigenvalue weighted by molar-refractivity contribution is 0.105. The number of allylic oxidation sites excluding steroid dienone is 16. The maximum atomic E-state index is 10.9. The molecule has 2 rings (SSSR count). The van der Waals surface area contributed by atoms with Crippen molar-refractivity contribution in [3.05, 3.63) is 118 Å². The molecule has 0 fully saturated rings. The van der Waals surface area contributed by atoms with Crippen molar-refractivity contribution in [3.8, 4) is 0 Å². The summed E-state index contributed by atoms with van der Waals surface area (Å²) < 4.78 is 0. The summed E-state index contributed by atoms with van der Waals surface area (Å²) in [5, 5.41) is 41.0. The van der Waals surface area contributed by atoms with E-state index in [-0.39, 0.29) is 29.6 Å². The van der Waals surface area contributed by atoms with E-state index in [2.05, 4.69) is 84.9 Å². The van der Waals surface area contributed by atoms with Crippen molar-refractivity contribution in [2.24, 2.45) is 16.7 Å². The molecule has 2 aliphatic carbocycles. The Bertz CT molecular complexity index is 1290. The fraction of sp³-hybridized carbons (Fsp3) is 0.500. The lowest BCUT2D eigenvalue weighted by Gasteiger charge is -2.38. The van der Waals surface area contributed by atoms with E-state index < -0.39 is 6.10 Å². The Labute approximate surface area is 267 Å². The topological polar surface area (TPSA) is 80.9 Å². The molecule has 0 spiro atoms. The van der Waals surface area contributed by atoms with E-state index in [0.717, 1.165) is 23.1 Å². The van der Waals surface area contributed by atoms with Crippen LogP contribution in [0.15, 0.2) is 118 Å². The molecular weight excluding hydrogens is 544 g/mol. The summed E-state index contributed by atoms with van der Waals surface area (Å²) in [6.07, 6.45) is 27.6. The molecule has 0 aromatic rings. The van der Waals surface area contributed by atoms with Crippen LogP contribution < -0.4 is 0 Å². The van der Waals surface area contributed by atoms with Gasteiger partial charge in [0.1, 0.15) is 0 Å². The smallest absolute Gasteiger partial charge is 0.0812 e. The first kappa shape index (κ1) is 37.4. The Kier molecular flexibility index (Phi) is 14.5. The molecule has 0 heterocycles. The SMILES string of the molecule is CC1=CC(O)CC(C)(C)C1/C=C/C(C)=C/C=C/C(C)=C/C=C/C=C(C)/C=C/C=C(\CO)C(O)CC1=C(C)CC(O)CC1(C)C. The summed E-state index contributed by atoms with van der Waals surface area (Å²) in [7, 11) is 0. The number of hydrogen-bond donors (Lipinski definition) is 4. The summed E-state index contributed by atoms with van der Waals surface area (Å²) in [5.41, 5.74) is 7.37. The van der Waals surface area contributed by atoms with Gasteiger partial charge in [-0.05, 0) is 76.7 Å². The second-order valence-corrected chi connectivity index (χ2v) is 14.2. The molecule has 4 nitrogen and oxygen atoms in total. The van der Waals surface area contributed by atoms with Crippen LogP contribution in [0.5, 0.6) is 0 Å². The van der Waals surface area contributed by atoms with Crippen molar-refractivity contribution in [3.63, 3.8) is 0 Å². The van der Waals surface area contributed by atoms with Crippen LogP contribution in [0.1, 0.15) is 88.0 Å². The molecule has 0 amide bonds. The van der Waals surface area contributed by atoms with E-state index in [1.165, 1.54) is 16.7 Å². The van der Waals surface area contributed by atoms with Gasteiger partial charge in [0.2, 0.25) is 0 Å². The molecular formula is C40H58O4. The van der Waals surface area contributed by atoms with Crippen LogP contribution in [0, 0.1) is 16.7 Å². The van der Waals surface area contributed by atoms with Crippen molar-refractivity contribution >= 4 is 0 Å². The van der Waals surface area contributed by atoms with Crippen LogP contribution in [0.2, 0.25) is 0 Å². The highest BCUT2D eigenvalue weighted by molar-refractivity contribution is 5.33. The lowest BCUT2D eigenvalue weighted by Crippen LogP contribution is -2.32. The van der Waals surface area contributed by atoms with Gasteiger partial charge in [-0.3, -0.25) is 0 Å². The molecule has 0 radical (unpaired) electrons. The number of hydrogen-bond acceptors (Lipinski definition) is 4. The van der Waals surface area contributed by atoms with Gasteiger partial charge < -0.3 is 20.4 Å². The minimum atomic E-state index is -0.760. The Hall–Kier alpha value is -2.76. The van der Waals surface area contributed by atoms with Crippen LogP contribution in [0.4, 0.5) is 0 Å². The van der Waals surface area contributed by atoms with Crippen molar-refractivity contribution in [2.75, 3.05) is 6.61 Å². The molecule has 0 saturated heterocycles. The highest BCUT2D eigenvalue weighted by Crippen LogP contribution is 2.43. The first-order valence-corrected chi connectivity index (χ1v) is 16.0. The van der Waals surface area contributed by atoms with Gasteiger partial charge in [-0.1, -0.05) is 140 Å². The largest absolute Gasteiger partial charge is 0.393 e. The third-order valence-corrected chi connectivity index (χ3v) is 8.92. The van der Waals surface area contributed by atoms with Crippen LogP contribution in [0.25, 0.3) is 0 Å². The fourth-order valence-electron chi connectivity index (χ4n) is 6.55. The maximum absolute atomic E-state index is 10.9. The standard InChI is InChI=1S/C40H58O4/c1-28(16-12-17-30(3)20-21-36-31(4)22-34(42)25-39(36,6)7)14-10-11-15-29(2)18-13-19-33(27-41)38(44)24-37-32(5)23-35(43)26-40(37,8)9/h10-22,34-36,38,41-44H,23-27H2,1-9H3/b11-10+,16-12+,18-13+,21-20+,28-14+,29-15+,30-17+,33-19+. The van der Waals surface area contributed by atoms with E-state index in [1.54, 1.807) is 6.08 Å². The zero-order valence-corrected chi connectivity index (χ0v) is 28.6. The van der Waals surface area contributed by atoms with E-state index in [9.17, 15) is 20.4 Å². The molecule has 2 aliphatic rings. The van der Waals surface area contributed by atoms with Crippen molar-refractivity contribution in [1.29, 1.82) is 0 Å². The highest BCUT2D eigenvalue weighted by atomic mass is 16.3. The zero-order chi connectivity index (χ0) is 33.1. The van der Waals surface area contributed by atoms with Gasteiger partial charge in [0.05, 0.1) is 24.9 Å². The Morgan fingerprint density at radius 1 is 0.841 bits per heavy atom. The third-order valence-electron chi connectivity index (χ3n) is 8.92. The molecule has 0 aromatic heterocycles. The Morgan fingerprint density at radius 2 is 1.39 bits per heavy atom. The Balaban J connectivity index is 1.93. The first-order valence-electron chi connectivity index (χ1n) is 16.0. The Morgan fingerprint density at radius 3 is 1.93 bits per heavy atom. The summed E-state index contributed by atoms with van der Waals surface area (Å²) in [6.45, 7) is 18.8. The van der Waals surface area contributed by atoms with E-state index in [0.29, 0.717) is 30.8 Å². The van der Waals surface area contributed by atoms with Crippen LogP contribution >= 0.6 is 0 Å². The van der Waals surface area contributed by atoms with E-state index >= 15 is 0 Å². The van der Waals surface area contributed by atoms with Gasteiger partial charge in [0.15, 0.2) is 0 Å². The van der Waals surface area contributed by atoms with Gasteiger partial charge in [-0.2, -0.15) is 0 Å². The molecule has 0 aliphatic heterocycles. The second kappa shape index (κ2) is 17.1. The predicted molar refractivity (Wildman–Crippen MR) is 187 cm³/mol. The predicted octanol–water partition coefficient (Wildman–Crippen LogP) is 8.57. The van der Waals surface area contributed by atoms with Gasteiger partial charge >= 0.3 is 0 Å². The molecule has 0 bridgehead atoms. The summed E-state index contributed by atoms with van der Waals surface area (Å²) >= 11 is 0. The fourth-order valence-corrected chi connectivity index (χ4v) is 6.55. The molecule has 44 heavy (non-hydrogen) atoms. The van der Waals surface area contributed by atoms with Gasteiger partial charge in [-0.25, -0.2) is 0 Å². The quantitative estimate of drug-likeness (QED) is 0.133. The summed E-state index contributed by atoms with van der Waals surface area (Å²) in [5.74, 6) is 0.327. The van der Waals surface area contributed by atoms with Gasteiger partial charge in [-0.15, -0.1) is 0 Å². The third kappa shape index (κ3) is 12.0. The molecule has 0 aromatic carbocycles. The van der Waals surface area contributed by atoms with Crippen LogP contribution in [-0.2, 0) is 0 Å². The van der Waals surface area contributed by atoms with Crippen LogP contribution in [0.3, 0.4) is 0 Å². The highest BCUT2D eigenvalue weighted by Gasteiger charge is 2.35. The number of rotatable bonds is 12. The minimum absolute atomic E-state index is 0.0383. The molecule has 4 atom stereocenters. The summed E-state index contributed by atoms with van der Waals surface area (Å²) in [6, 6.07) is 0. The normalized spacial score (nSPS) is 26.5. The summed E-state index contributed by atoms with van der Waals surface area (Å²) in [4.78, 5) is 0. The number of aliphatic hydroxyl groups excluding tert-OH is 4. The first-order chi connectivity index (χ1) is 20.6. The van der Waals surface area contributed by atoms with Crippen LogP contribution in [-0.4, -0.2) is 45.3 Å². The minimum Gasteiger partial charge on any atom is -0.393 e. The molecule has 242 valence electrons. The maximum Gasteiger partial charge on any atom is 0.0812 e. The lowest BCUT2D eigenvalue weighted by atomic mass is 9.67. The molecule has 4 heteroatoms. The molecule has 4 N–H and O–H groups in total. The van der Waals surface area contributed by atoms with Crippen molar-refractivity contribution < 1.29 is 20.4 Å². The molecule has 0 saturated carbocycles. The zero-order valence-electron chi connectivity index (χ0n) is 28.6. The molecule has 4 unspecified atom stereocenters. The van der Waals surface area contributed by atoms with E-state index in [1.807, 2.05) is 50.3 Å². The van der Waals surface area contributed by atoms with Gasteiger partial charge in [0.25, 0.3) is 0 Å². The second-order valence-electron chi connectivity index (χ2n) is 14.2.